The first-order chi connectivity index (χ1) is 13.8. The van der Waals surface area contributed by atoms with Crippen LogP contribution in [0.4, 0.5) is 0 Å². The van der Waals surface area contributed by atoms with Crippen molar-refractivity contribution in [1.82, 2.24) is 15.2 Å². The summed E-state index contributed by atoms with van der Waals surface area (Å²) in [5.41, 5.74) is 2.31. The van der Waals surface area contributed by atoms with Crippen LogP contribution in [0.2, 0.25) is 0 Å². The minimum Gasteiger partial charge on any atom is -0.441 e. The van der Waals surface area contributed by atoms with Gasteiger partial charge in [0.15, 0.2) is 11.7 Å². The van der Waals surface area contributed by atoms with Crippen molar-refractivity contribution in [3.05, 3.63) is 78.3 Å². The molecule has 0 aliphatic carbocycles. The molecular formula is C23H25N3O2. The molecule has 2 aromatic carbocycles. The minimum absolute atomic E-state index is 0.0611. The van der Waals surface area contributed by atoms with Gasteiger partial charge < -0.3 is 9.73 Å². The van der Waals surface area contributed by atoms with Gasteiger partial charge in [-0.25, -0.2) is 4.98 Å². The summed E-state index contributed by atoms with van der Waals surface area (Å²) in [6.45, 7) is 2.85. The molecule has 144 valence electrons. The molecule has 5 nitrogen and oxygen atoms in total. The fraction of sp³-hybridized carbons (Fsp3) is 0.304. The molecule has 1 atom stereocenters. The molecule has 0 saturated carbocycles. The maximum Gasteiger partial charge on any atom is 0.220 e. The van der Waals surface area contributed by atoms with Gasteiger partial charge in [0.2, 0.25) is 5.91 Å². The van der Waals surface area contributed by atoms with Crippen molar-refractivity contribution in [2.75, 3.05) is 13.1 Å². The van der Waals surface area contributed by atoms with E-state index in [9.17, 15) is 4.79 Å². The summed E-state index contributed by atoms with van der Waals surface area (Å²) in [5, 5.41) is 3.15. The Kier molecular flexibility index (Phi) is 5.83. The second kappa shape index (κ2) is 8.85. The molecule has 28 heavy (non-hydrogen) atoms. The predicted octanol–water partition coefficient (Wildman–Crippen LogP) is 3.66. The number of oxazole rings is 1. The number of carbonyl (C=O) groups excluding carboxylic acids is 1. The molecule has 1 N–H and O–H groups in total. The highest BCUT2D eigenvalue weighted by Gasteiger charge is 2.23. The van der Waals surface area contributed by atoms with Crippen molar-refractivity contribution in [2.45, 2.75) is 31.8 Å². The number of amides is 1. The van der Waals surface area contributed by atoms with Gasteiger partial charge in [0.1, 0.15) is 0 Å². The first kappa shape index (κ1) is 18.4. The van der Waals surface area contributed by atoms with Crippen molar-refractivity contribution in [3.63, 3.8) is 0 Å². The van der Waals surface area contributed by atoms with Crippen molar-refractivity contribution in [3.8, 4) is 11.3 Å². The molecule has 4 rings (SSSR count). The molecule has 0 unspecified atom stereocenters. The van der Waals surface area contributed by atoms with E-state index in [0.29, 0.717) is 18.7 Å². The lowest BCUT2D eigenvalue weighted by molar-refractivity contribution is -0.121. The summed E-state index contributed by atoms with van der Waals surface area (Å²) < 4.78 is 5.77. The lowest BCUT2D eigenvalue weighted by Gasteiger charge is -2.16. The number of aromatic nitrogens is 1. The first-order valence-corrected chi connectivity index (χ1v) is 9.82. The minimum atomic E-state index is 0.0611. The van der Waals surface area contributed by atoms with Crippen LogP contribution in [0.5, 0.6) is 0 Å². The van der Waals surface area contributed by atoms with Gasteiger partial charge in [0.25, 0.3) is 0 Å². The summed E-state index contributed by atoms with van der Waals surface area (Å²) in [4.78, 5) is 19.0. The van der Waals surface area contributed by atoms with Crippen molar-refractivity contribution < 1.29 is 9.21 Å². The molecule has 1 aromatic heterocycles. The largest absolute Gasteiger partial charge is 0.441 e. The van der Waals surface area contributed by atoms with Crippen LogP contribution < -0.4 is 5.32 Å². The summed E-state index contributed by atoms with van der Waals surface area (Å²) in [6.07, 6.45) is 3.62. The quantitative estimate of drug-likeness (QED) is 0.685. The Bertz CT molecular complexity index is 892. The molecule has 1 saturated heterocycles. The number of hydrogen-bond acceptors (Lipinski definition) is 4. The van der Waals surface area contributed by atoms with E-state index in [4.69, 9.17) is 4.42 Å². The van der Waals surface area contributed by atoms with Gasteiger partial charge in [-0.3, -0.25) is 9.69 Å². The maximum atomic E-state index is 12.3. The predicted molar refractivity (Wildman–Crippen MR) is 109 cm³/mol. The number of aryl methyl sites for hydroxylation is 1. The Hall–Kier alpha value is -2.92. The average molecular weight is 375 g/mol. The van der Waals surface area contributed by atoms with E-state index in [1.807, 2.05) is 36.4 Å². The standard InChI is InChI=1S/C23H25N3O2/c27-22(11-12-23-24-15-21(28-23)19-9-5-2-6-10-19)25-20-13-14-26(17-20)16-18-7-3-1-4-8-18/h1-10,15,20H,11-14,16-17H2,(H,25,27)/t20-/m1/s1. The Labute approximate surface area is 165 Å². The third kappa shape index (κ3) is 4.87. The van der Waals surface area contributed by atoms with E-state index in [1.165, 1.54) is 5.56 Å². The number of rotatable bonds is 7. The Balaban J connectivity index is 1.22. The first-order valence-electron chi connectivity index (χ1n) is 9.82. The summed E-state index contributed by atoms with van der Waals surface area (Å²) >= 11 is 0. The zero-order valence-corrected chi connectivity index (χ0v) is 15.9. The van der Waals surface area contributed by atoms with Crippen molar-refractivity contribution in [2.24, 2.45) is 0 Å². The lowest BCUT2D eigenvalue weighted by Crippen LogP contribution is -2.37. The van der Waals surface area contributed by atoms with Crippen LogP contribution in [0, 0.1) is 0 Å². The number of nitrogens with zero attached hydrogens (tertiary/aromatic N) is 2. The van der Waals surface area contributed by atoms with Crippen LogP contribution in [-0.2, 0) is 17.8 Å². The van der Waals surface area contributed by atoms with E-state index < -0.39 is 0 Å². The van der Waals surface area contributed by atoms with Gasteiger partial charge >= 0.3 is 0 Å². The van der Waals surface area contributed by atoms with Crippen LogP contribution >= 0.6 is 0 Å². The molecule has 0 radical (unpaired) electrons. The zero-order valence-electron chi connectivity index (χ0n) is 15.9. The maximum absolute atomic E-state index is 12.3. The van der Waals surface area contributed by atoms with Crippen molar-refractivity contribution >= 4 is 5.91 Å². The van der Waals surface area contributed by atoms with E-state index in [2.05, 4.69) is 39.5 Å². The molecule has 1 amide bonds. The number of likely N-dealkylation sites (tertiary alicyclic amines) is 1. The lowest BCUT2D eigenvalue weighted by atomic mass is 10.2. The SMILES string of the molecule is O=C(CCc1ncc(-c2ccccc2)o1)N[C@@H]1CCN(Cc2ccccc2)C1. The third-order valence-corrected chi connectivity index (χ3v) is 5.06. The second-order valence-electron chi connectivity index (χ2n) is 7.26. The van der Waals surface area contributed by atoms with Gasteiger partial charge in [-0.05, 0) is 12.0 Å². The molecular weight excluding hydrogens is 350 g/mol. The van der Waals surface area contributed by atoms with E-state index in [0.717, 1.165) is 37.4 Å². The number of benzene rings is 2. The van der Waals surface area contributed by atoms with E-state index in [1.54, 1.807) is 6.20 Å². The highest BCUT2D eigenvalue weighted by atomic mass is 16.4. The monoisotopic (exact) mass is 375 g/mol. The smallest absolute Gasteiger partial charge is 0.220 e. The van der Waals surface area contributed by atoms with Crippen LogP contribution in [0.3, 0.4) is 0 Å². The molecule has 2 heterocycles. The number of hydrogen-bond donors (Lipinski definition) is 1. The van der Waals surface area contributed by atoms with Gasteiger partial charge in [0, 0.05) is 44.1 Å². The number of nitrogens with one attached hydrogen (secondary N) is 1. The van der Waals surface area contributed by atoms with Crippen LogP contribution in [0.1, 0.15) is 24.3 Å². The highest BCUT2D eigenvalue weighted by Crippen LogP contribution is 2.20. The van der Waals surface area contributed by atoms with E-state index >= 15 is 0 Å². The van der Waals surface area contributed by atoms with Gasteiger partial charge in [-0.15, -0.1) is 0 Å². The number of carbonyl (C=O) groups is 1. The van der Waals surface area contributed by atoms with Gasteiger partial charge in [0.05, 0.1) is 6.20 Å². The summed E-state index contributed by atoms with van der Waals surface area (Å²) in [6, 6.07) is 20.5. The molecule has 1 aliphatic rings. The summed E-state index contributed by atoms with van der Waals surface area (Å²) in [7, 11) is 0. The topological polar surface area (TPSA) is 58.4 Å². The Morgan fingerprint density at radius 3 is 2.64 bits per heavy atom. The third-order valence-electron chi connectivity index (χ3n) is 5.06. The Morgan fingerprint density at radius 2 is 1.86 bits per heavy atom. The molecule has 0 bridgehead atoms. The van der Waals surface area contributed by atoms with Crippen LogP contribution in [0.25, 0.3) is 11.3 Å². The summed E-state index contributed by atoms with van der Waals surface area (Å²) in [5.74, 6) is 1.40. The molecule has 3 aromatic rings. The Morgan fingerprint density at radius 1 is 1.11 bits per heavy atom. The normalized spacial score (nSPS) is 16.9. The highest BCUT2D eigenvalue weighted by molar-refractivity contribution is 5.76. The zero-order chi connectivity index (χ0) is 19.2. The van der Waals surface area contributed by atoms with Crippen molar-refractivity contribution in [1.29, 1.82) is 0 Å². The van der Waals surface area contributed by atoms with Crippen LogP contribution in [-0.4, -0.2) is 34.9 Å². The van der Waals surface area contributed by atoms with E-state index in [-0.39, 0.29) is 11.9 Å². The molecule has 1 fully saturated rings. The second-order valence-corrected chi connectivity index (χ2v) is 7.26. The fourth-order valence-corrected chi connectivity index (χ4v) is 3.62. The van der Waals surface area contributed by atoms with Gasteiger partial charge in [-0.2, -0.15) is 0 Å². The molecule has 5 heteroatoms. The molecule has 1 aliphatic heterocycles. The van der Waals surface area contributed by atoms with Crippen LogP contribution in [0.15, 0.2) is 71.3 Å². The van der Waals surface area contributed by atoms with Gasteiger partial charge in [-0.1, -0.05) is 60.7 Å². The average Bonchev–Trinajstić information content (AvgIpc) is 3.38. The fourth-order valence-electron chi connectivity index (χ4n) is 3.62. The molecule has 0 spiro atoms.